The van der Waals surface area contributed by atoms with Crippen LogP contribution in [0.1, 0.15) is 0 Å². The molecule has 0 bridgehead atoms. The van der Waals surface area contributed by atoms with Crippen molar-refractivity contribution in [2.75, 3.05) is 72.0 Å². The molecule has 0 aromatic heterocycles. The topological polar surface area (TPSA) is 172 Å². The number of nitrogens with two attached hydrogens (primary N) is 1. The number of carboxylic acid groups (broad SMARTS) is 3. The number of hydrogen-bond acceptors (Lipinski definition) is 7. The third-order valence-electron chi connectivity index (χ3n) is 3.68. The Morgan fingerprint density at radius 3 is 1.42 bits per heavy atom. The van der Waals surface area contributed by atoms with Crippen molar-refractivity contribution in [3.05, 3.63) is 11.5 Å². The Balaban J connectivity index is 0. The van der Waals surface area contributed by atoms with E-state index in [-0.39, 0.29) is 56.9 Å². The standard InChI is InChI=1S/C14H25N4O6.H2N.U/c19-12(20)9-16-3-1-15-2-4-17(10-13(21)22)6-8-18(7-5-16)11-14(23)24;;/h1-11H2,(H,19,20)(H,21,22)(H,23,24);1H2;/q2*-1;+2/p-1. The van der Waals surface area contributed by atoms with Crippen LogP contribution in [0.15, 0.2) is 0 Å². The third-order valence-corrected chi connectivity index (χ3v) is 3.68. The molecule has 4 N–H and O–H groups in total. The third kappa shape index (κ3) is 13.5. The van der Waals surface area contributed by atoms with Gasteiger partial charge in [-0.3, -0.25) is 24.3 Å². The number of aliphatic carboxylic acids is 3. The van der Waals surface area contributed by atoms with Crippen LogP contribution < -0.4 is 5.11 Å². The summed E-state index contributed by atoms with van der Waals surface area (Å²) in [5.41, 5.74) is 0. The molecule has 0 aliphatic carbocycles. The number of carboxylic acids is 3. The molecule has 12 heteroatoms. The van der Waals surface area contributed by atoms with Crippen LogP contribution in [-0.2, 0) is 14.4 Å². The van der Waals surface area contributed by atoms with Gasteiger partial charge >= 0.3 is 43.1 Å². The predicted octanol–water partition coefficient (Wildman–Crippen LogP) is -2.08. The van der Waals surface area contributed by atoms with Gasteiger partial charge in [-0.2, -0.15) is 0 Å². The van der Waals surface area contributed by atoms with Crippen LogP contribution in [0.3, 0.4) is 0 Å². The molecule has 1 rings (SSSR count). The summed E-state index contributed by atoms with van der Waals surface area (Å²) < 4.78 is 0. The van der Waals surface area contributed by atoms with Crippen molar-refractivity contribution in [3.63, 3.8) is 0 Å². The van der Waals surface area contributed by atoms with Crippen molar-refractivity contribution in [3.8, 4) is 0 Å². The van der Waals surface area contributed by atoms with Crippen molar-refractivity contribution < 1.29 is 60.8 Å². The molecule has 1 aliphatic heterocycles. The first-order valence-corrected chi connectivity index (χ1v) is 7.80. The van der Waals surface area contributed by atoms with E-state index in [0.29, 0.717) is 52.4 Å². The molecule has 0 amide bonds. The van der Waals surface area contributed by atoms with Crippen LogP contribution in [0.2, 0.25) is 0 Å². The van der Waals surface area contributed by atoms with E-state index in [1.807, 2.05) is 0 Å². The Morgan fingerprint density at radius 2 is 1.12 bits per heavy atom. The van der Waals surface area contributed by atoms with Gasteiger partial charge in [0.15, 0.2) is 0 Å². The van der Waals surface area contributed by atoms with Crippen LogP contribution in [0, 0.1) is 31.1 Å². The Hall–Kier alpha value is -0.738. The Kier molecular flexibility index (Phi) is 16.2. The second-order valence-electron chi connectivity index (χ2n) is 5.66. The molecule has 148 valence electrons. The minimum absolute atomic E-state index is 0. The zero-order valence-electron chi connectivity index (χ0n) is 14.7. The molecule has 0 unspecified atom stereocenters. The van der Waals surface area contributed by atoms with Gasteiger partial charge in [0, 0.05) is 32.7 Å². The molecular weight excluding hydrogens is 572 g/mol. The smallest absolute Gasteiger partial charge is 0.693 e. The van der Waals surface area contributed by atoms with Crippen molar-refractivity contribution >= 4 is 17.9 Å². The van der Waals surface area contributed by atoms with Gasteiger partial charge in [-0.1, -0.05) is 0 Å². The zero-order chi connectivity index (χ0) is 17.9. The maximum absolute atomic E-state index is 10.9. The average molecular weight is 598 g/mol. The summed E-state index contributed by atoms with van der Waals surface area (Å²) in [6.07, 6.45) is 0. The van der Waals surface area contributed by atoms with E-state index in [4.69, 9.17) is 10.2 Å². The van der Waals surface area contributed by atoms with Crippen molar-refractivity contribution in [1.82, 2.24) is 14.7 Å². The number of rotatable bonds is 6. The first-order chi connectivity index (χ1) is 11.4. The predicted molar refractivity (Wildman–Crippen MR) is 88.0 cm³/mol. The van der Waals surface area contributed by atoms with Crippen LogP contribution in [0.4, 0.5) is 0 Å². The van der Waals surface area contributed by atoms with E-state index >= 15 is 0 Å². The first kappa shape index (κ1) is 27.5. The van der Waals surface area contributed by atoms with Crippen LogP contribution in [0.5, 0.6) is 0 Å². The summed E-state index contributed by atoms with van der Waals surface area (Å²) >= 11 is 0. The molecule has 0 aromatic carbocycles. The fourth-order valence-electron chi connectivity index (χ4n) is 2.48. The van der Waals surface area contributed by atoms with Crippen molar-refractivity contribution in [1.29, 1.82) is 0 Å². The Labute approximate surface area is 176 Å². The maximum atomic E-state index is 10.9. The summed E-state index contributed by atoms with van der Waals surface area (Å²) in [5, 5.41) is 33.0. The minimum Gasteiger partial charge on any atom is -0.693 e. The van der Waals surface area contributed by atoms with Crippen molar-refractivity contribution in [2.24, 2.45) is 0 Å². The molecule has 0 atom stereocenters. The second kappa shape index (κ2) is 15.3. The van der Waals surface area contributed by atoms with Gasteiger partial charge in [0.05, 0.1) is 19.1 Å². The van der Waals surface area contributed by atoms with E-state index in [9.17, 15) is 19.5 Å². The van der Waals surface area contributed by atoms with Gasteiger partial charge in [0.1, 0.15) is 0 Å². The second-order valence-corrected chi connectivity index (χ2v) is 5.66. The normalized spacial score (nSPS) is 18.5. The summed E-state index contributed by atoms with van der Waals surface area (Å²) in [7, 11) is 0. The average Bonchev–Trinajstić information content (AvgIpc) is 2.45. The fourth-order valence-corrected chi connectivity index (χ4v) is 2.48. The molecule has 26 heavy (non-hydrogen) atoms. The Bertz CT molecular complexity index is 412. The van der Waals surface area contributed by atoms with Gasteiger partial charge in [-0.25, -0.2) is 0 Å². The molecule has 1 aliphatic rings. The maximum Gasteiger partial charge on any atom is 2.00 e. The molecule has 0 spiro atoms. The molecule has 0 saturated carbocycles. The van der Waals surface area contributed by atoms with Gasteiger partial charge in [-0.05, 0) is 13.1 Å². The monoisotopic (exact) mass is 598 g/mol. The van der Waals surface area contributed by atoms with Crippen molar-refractivity contribution in [2.45, 2.75) is 0 Å². The van der Waals surface area contributed by atoms with Crippen LogP contribution in [-0.4, -0.2) is 115 Å². The largest absolute Gasteiger partial charge is 2.00 e. The fraction of sp³-hybridized carbons (Fsp3) is 0.786. The van der Waals surface area contributed by atoms with Crippen LogP contribution in [0.25, 0.3) is 11.5 Å². The van der Waals surface area contributed by atoms with E-state index in [1.54, 1.807) is 14.7 Å². The summed E-state index contributed by atoms with van der Waals surface area (Å²) in [4.78, 5) is 37.7. The molecular formula is C14H26N5O6U-. The van der Waals surface area contributed by atoms with Crippen LogP contribution >= 0.6 is 0 Å². The summed E-state index contributed by atoms with van der Waals surface area (Å²) in [6.45, 7) is 2.83. The number of nitrogens with zero attached hydrogens (tertiary/aromatic N) is 4. The minimum atomic E-state index is -1.22. The molecule has 11 nitrogen and oxygen atoms in total. The SMILES string of the molecule is O=C([O-])CN1CCN(CC(=O)O)CC[N-]CCN(CC(=O)O)CC1.[NH2-].[U+2]. The summed E-state index contributed by atoms with van der Waals surface area (Å²) in [6, 6.07) is 0. The molecule has 0 radical (unpaired) electrons. The van der Waals surface area contributed by atoms with Gasteiger partial charge in [0.2, 0.25) is 0 Å². The molecule has 0 aromatic rings. The van der Waals surface area contributed by atoms with E-state index < -0.39 is 17.9 Å². The first-order valence-electron chi connectivity index (χ1n) is 7.80. The van der Waals surface area contributed by atoms with E-state index in [0.717, 1.165) is 0 Å². The molecule has 1 saturated heterocycles. The quantitative estimate of drug-likeness (QED) is 0.348. The number of carbonyl (C=O) groups is 3. The summed E-state index contributed by atoms with van der Waals surface area (Å²) in [5.74, 6) is -3.10. The number of hydrogen-bond donors (Lipinski definition) is 2. The molecule has 1 heterocycles. The number of carbonyl (C=O) groups excluding carboxylic acids is 1. The van der Waals surface area contributed by atoms with Gasteiger partial charge < -0.3 is 31.6 Å². The van der Waals surface area contributed by atoms with Gasteiger partial charge in [0.25, 0.3) is 0 Å². The Morgan fingerprint density at radius 1 is 0.769 bits per heavy atom. The van der Waals surface area contributed by atoms with E-state index in [1.165, 1.54) is 0 Å². The zero-order valence-corrected chi connectivity index (χ0v) is 18.8. The van der Waals surface area contributed by atoms with E-state index in [2.05, 4.69) is 5.32 Å². The molecule has 1 fully saturated rings. The van der Waals surface area contributed by atoms with Gasteiger partial charge in [-0.15, -0.1) is 13.1 Å².